The maximum absolute atomic E-state index is 3.90. The van der Waals surface area contributed by atoms with Crippen LogP contribution >= 0.6 is 27.3 Å². The van der Waals surface area contributed by atoms with Crippen molar-refractivity contribution < 1.29 is 0 Å². The highest BCUT2D eigenvalue weighted by Gasteiger charge is 2.04. The highest BCUT2D eigenvalue weighted by Crippen LogP contribution is 2.33. The van der Waals surface area contributed by atoms with Gasteiger partial charge in [0.25, 0.3) is 0 Å². The van der Waals surface area contributed by atoms with E-state index in [-0.39, 0.29) is 0 Å². The van der Waals surface area contributed by atoms with Gasteiger partial charge in [-0.2, -0.15) is 5.10 Å². The van der Waals surface area contributed by atoms with E-state index in [0.29, 0.717) is 0 Å². The molecule has 2 heterocycles. The van der Waals surface area contributed by atoms with Crippen molar-refractivity contribution in [2.24, 2.45) is 0 Å². The normalized spacial score (nSPS) is 10.5. The van der Waals surface area contributed by atoms with Crippen LogP contribution in [0.4, 0.5) is 0 Å². The van der Waals surface area contributed by atoms with E-state index in [1.165, 1.54) is 14.2 Å². The van der Waals surface area contributed by atoms with Crippen molar-refractivity contribution in [1.82, 2.24) is 10.2 Å². The van der Waals surface area contributed by atoms with Gasteiger partial charge in [-0.1, -0.05) is 0 Å². The Morgan fingerprint density at radius 1 is 1.58 bits per heavy atom. The third kappa shape index (κ3) is 1.32. The van der Waals surface area contributed by atoms with Crippen molar-refractivity contribution >= 4 is 27.3 Å². The van der Waals surface area contributed by atoms with E-state index in [2.05, 4.69) is 39.1 Å². The number of aromatic amines is 1. The Bertz CT molecular complexity index is 358. The van der Waals surface area contributed by atoms with Crippen LogP contribution in [0.3, 0.4) is 0 Å². The number of rotatable bonds is 1. The zero-order chi connectivity index (χ0) is 8.55. The molecule has 1 N–H and O–H groups in total. The Balaban J connectivity index is 2.48. The molecule has 12 heavy (non-hydrogen) atoms. The summed E-state index contributed by atoms with van der Waals surface area (Å²) in [6.07, 6.45) is 3.73. The summed E-state index contributed by atoms with van der Waals surface area (Å²) >= 11 is 5.25. The maximum Gasteiger partial charge on any atom is 0.0573 e. The zero-order valence-corrected chi connectivity index (χ0v) is 8.87. The monoisotopic (exact) mass is 242 g/mol. The fourth-order valence-electron chi connectivity index (χ4n) is 0.988. The fourth-order valence-corrected chi connectivity index (χ4v) is 2.50. The molecule has 0 aliphatic rings. The third-order valence-corrected chi connectivity index (χ3v) is 3.83. The highest BCUT2D eigenvalue weighted by atomic mass is 79.9. The predicted octanol–water partition coefficient (Wildman–Crippen LogP) is 3.21. The molecule has 0 spiro atoms. The number of aromatic nitrogens is 2. The molecule has 2 nitrogen and oxygen atoms in total. The molecule has 0 bridgehead atoms. The van der Waals surface area contributed by atoms with Crippen LogP contribution in [0.25, 0.3) is 10.4 Å². The molecule has 2 aromatic rings. The van der Waals surface area contributed by atoms with E-state index < -0.39 is 0 Å². The number of aryl methyl sites for hydroxylation is 1. The molecule has 0 saturated heterocycles. The molecule has 0 atom stereocenters. The fraction of sp³-hybridized carbons (Fsp3) is 0.125. The molecule has 0 amide bonds. The number of nitrogens with one attached hydrogen (secondary N) is 1. The van der Waals surface area contributed by atoms with Gasteiger partial charge in [-0.3, -0.25) is 5.10 Å². The van der Waals surface area contributed by atoms with Gasteiger partial charge in [0.15, 0.2) is 0 Å². The molecule has 0 aromatic carbocycles. The molecule has 0 radical (unpaired) electrons. The number of nitrogens with zero attached hydrogens (tertiary/aromatic N) is 1. The first-order valence-corrected chi connectivity index (χ1v) is 5.13. The lowest BCUT2D eigenvalue weighted by Crippen LogP contribution is -1.60. The van der Waals surface area contributed by atoms with Gasteiger partial charge < -0.3 is 0 Å². The van der Waals surface area contributed by atoms with Crippen molar-refractivity contribution in [2.45, 2.75) is 6.92 Å². The quantitative estimate of drug-likeness (QED) is 0.818. The lowest BCUT2D eigenvalue weighted by molar-refractivity contribution is 1.09. The van der Waals surface area contributed by atoms with E-state index in [9.17, 15) is 0 Å². The Morgan fingerprint density at radius 3 is 2.92 bits per heavy atom. The summed E-state index contributed by atoms with van der Waals surface area (Å²) in [6.45, 7) is 2.10. The SMILES string of the molecule is Cc1sc(-c2cn[nH]c2)cc1Br. The topological polar surface area (TPSA) is 28.7 Å². The Kier molecular flexibility index (Phi) is 2.02. The van der Waals surface area contributed by atoms with Crippen LogP contribution < -0.4 is 0 Å². The first-order valence-electron chi connectivity index (χ1n) is 3.52. The van der Waals surface area contributed by atoms with Crippen molar-refractivity contribution in [2.75, 3.05) is 0 Å². The summed E-state index contributed by atoms with van der Waals surface area (Å²) in [7, 11) is 0. The molecule has 0 saturated carbocycles. The van der Waals surface area contributed by atoms with Crippen LogP contribution in [0.2, 0.25) is 0 Å². The van der Waals surface area contributed by atoms with E-state index in [1.807, 2.05) is 12.4 Å². The molecule has 4 heteroatoms. The molecule has 0 unspecified atom stereocenters. The van der Waals surface area contributed by atoms with Crippen LogP contribution in [0, 0.1) is 6.92 Å². The maximum atomic E-state index is 3.90. The minimum atomic E-state index is 1.15. The number of hydrogen-bond acceptors (Lipinski definition) is 2. The van der Waals surface area contributed by atoms with E-state index in [0.717, 1.165) is 5.56 Å². The van der Waals surface area contributed by atoms with Gasteiger partial charge in [-0.25, -0.2) is 0 Å². The highest BCUT2D eigenvalue weighted by molar-refractivity contribution is 9.10. The minimum absolute atomic E-state index is 1.15. The Morgan fingerprint density at radius 2 is 2.42 bits per heavy atom. The van der Waals surface area contributed by atoms with Gasteiger partial charge in [0.1, 0.15) is 0 Å². The van der Waals surface area contributed by atoms with Gasteiger partial charge in [0.2, 0.25) is 0 Å². The third-order valence-electron chi connectivity index (χ3n) is 1.64. The average molecular weight is 243 g/mol. The molecular formula is C8H7BrN2S. The summed E-state index contributed by atoms with van der Waals surface area (Å²) in [6, 6.07) is 2.12. The van der Waals surface area contributed by atoms with Crippen molar-refractivity contribution in [3.63, 3.8) is 0 Å². The van der Waals surface area contributed by atoms with E-state index in [4.69, 9.17) is 0 Å². The molecule has 0 aliphatic carbocycles. The number of thiophene rings is 1. The van der Waals surface area contributed by atoms with Gasteiger partial charge in [-0.15, -0.1) is 11.3 Å². The van der Waals surface area contributed by atoms with Crippen molar-refractivity contribution in [3.05, 3.63) is 27.8 Å². The molecule has 2 rings (SSSR count). The molecule has 0 fully saturated rings. The van der Waals surface area contributed by atoms with Crippen molar-refractivity contribution in [1.29, 1.82) is 0 Å². The smallest absolute Gasteiger partial charge is 0.0573 e. The predicted molar refractivity (Wildman–Crippen MR) is 54.3 cm³/mol. The first-order chi connectivity index (χ1) is 5.77. The molecule has 2 aromatic heterocycles. The summed E-state index contributed by atoms with van der Waals surface area (Å²) < 4.78 is 1.17. The molecule has 62 valence electrons. The number of hydrogen-bond donors (Lipinski definition) is 1. The van der Waals surface area contributed by atoms with Gasteiger partial charge in [0.05, 0.1) is 6.20 Å². The van der Waals surface area contributed by atoms with Crippen molar-refractivity contribution in [3.8, 4) is 10.4 Å². The molecule has 0 aliphatic heterocycles. The summed E-state index contributed by atoms with van der Waals surface area (Å²) in [5.41, 5.74) is 1.15. The van der Waals surface area contributed by atoms with Crippen LogP contribution in [0.1, 0.15) is 4.88 Å². The van der Waals surface area contributed by atoms with E-state index >= 15 is 0 Å². The second-order valence-electron chi connectivity index (χ2n) is 2.50. The largest absolute Gasteiger partial charge is 0.285 e. The first kappa shape index (κ1) is 8.01. The van der Waals surface area contributed by atoms with Crippen LogP contribution in [0.15, 0.2) is 22.9 Å². The number of halogens is 1. The van der Waals surface area contributed by atoms with Crippen LogP contribution in [-0.2, 0) is 0 Å². The minimum Gasteiger partial charge on any atom is -0.285 e. The van der Waals surface area contributed by atoms with Gasteiger partial charge in [-0.05, 0) is 28.9 Å². The lowest BCUT2D eigenvalue weighted by atomic mass is 10.3. The number of H-pyrrole nitrogens is 1. The van der Waals surface area contributed by atoms with E-state index in [1.54, 1.807) is 11.3 Å². The standard InChI is InChI=1S/C8H7BrN2S/c1-5-7(9)2-8(12-5)6-3-10-11-4-6/h2-4H,1H3,(H,10,11). The summed E-state index contributed by atoms with van der Waals surface area (Å²) in [4.78, 5) is 2.54. The van der Waals surface area contributed by atoms with Crippen LogP contribution in [-0.4, -0.2) is 10.2 Å². The summed E-state index contributed by atoms with van der Waals surface area (Å²) in [5, 5.41) is 6.70. The second kappa shape index (κ2) is 3.03. The lowest BCUT2D eigenvalue weighted by Gasteiger charge is -1.84. The van der Waals surface area contributed by atoms with Crippen LogP contribution in [0.5, 0.6) is 0 Å². The summed E-state index contributed by atoms with van der Waals surface area (Å²) in [5.74, 6) is 0. The molecular weight excluding hydrogens is 236 g/mol. The van der Waals surface area contributed by atoms with Gasteiger partial charge in [0, 0.05) is 26.0 Å². The second-order valence-corrected chi connectivity index (χ2v) is 4.61. The van der Waals surface area contributed by atoms with Gasteiger partial charge >= 0.3 is 0 Å². The average Bonchev–Trinajstić information content (AvgIpc) is 2.61. The Hall–Kier alpha value is -0.610. The Labute approximate surface area is 82.8 Å². The zero-order valence-electron chi connectivity index (χ0n) is 6.47.